The molecule has 2 aromatic carbocycles. The number of carbonyl (C=O) groups excluding carboxylic acids is 2. The van der Waals surface area contributed by atoms with E-state index in [9.17, 15) is 19.5 Å². The van der Waals surface area contributed by atoms with Gasteiger partial charge in [0.25, 0.3) is 11.7 Å². The van der Waals surface area contributed by atoms with Gasteiger partial charge in [0.05, 0.1) is 25.8 Å². The fourth-order valence-corrected chi connectivity index (χ4v) is 3.63. The van der Waals surface area contributed by atoms with Crippen LogP contribution in [-0.2, 0) is 14.4 Å². The number of likely N-dealkylation sites (tertiary alicyclic amines) is 1. The summed E-state index contributed by atoms with van der Waals surface area (Å²) in [6.07, 6.45) is 0.0118. The van der Waals surface area contributed by atoms with E-state index in [-0.39, 0.29) is 30.7 Å². The van der Waals surface area contributed by atoms with E-state index in [1.807, 2.05) is 0 Å². The van der Waals surface area contributed by atoms with Gasteiger partial charge in [-0.3, -0.25) is 14.4 Å². The summed E-state index contributed by atoms with van der Waals surface area (Å²) in [6, 6.07) is 12.5. The van der Waals surface area contributed by atoms with Crippen molar-refractivity contribution in [2.45, 2.75) is 18.9 Å². The van der Waals surface area contributed by atoms with Crippen molar-refractivity contribution in [2.24, 2.45) is 0 Å². The van der Waals surface area contributed by atoms with Gasteiger partial charge in [-0.15, -0.1) is 0 Å². The molecule has 8 nitrogen and oxygen atoms in total. The molecule has 1 amide bonds. The number of amides is 1. The second-order valence-corrected chi connectivity index (χ2v) is 6.97. The van der Waals surface area contributed by atoms with Gasteiger partial charge < -0.3 is 24.6 Å². The van der Waals surface area contributed by atoms with Gasteiger partial charge >= 0.3 is 5.97 Å². The number of hydrogen-bond acceptors (Lipinski definition) is 6. The van der Waals surface area contributed by atoms with Crippen molar-refractivity contribution in [1.82, 2.24) is 4.90 Å². The lowest BCUT2D eigenvalue weighted by Crippen LogP contribution is -2.31. The van der Waals surface area contributed by atoms with Crippen molar-refractivity contribution in [3.8, 4) is 11.5 Å². The zero-order valence-electron chi connectivity index (χ0n) is 17.2. The van der Waals surface area contributed by atoms with E-state index in [0.29, 0.717) is 22.6 Å². The van der Waals surface area contributed by atoms with E-state index in [1.165, 1.54) is 19.1 Å². The van der Waals surface area contributed by atoms with Crippen LogP contribution in [-0.4, -0.2) is 53.5 Å². The van der Waals surface area contributed by atoms with Gasteiger partial charge in [0.15, 0.2) is 11.5 Å². The van der Waals surface area contributed by atoms with E-state index in [0.717, 1.165) is 0 Å². The maximum absolute atomic E-state index is 12.9. The molecule has 1 aliphatic rings. The summed E-state index contributed by atoms with van der Waals surface area (Å²) in [4.78, 5) is 37.9. The third-order valence-electron chi connectivity index (χ3n) is 5.10. The second kappa shape index (κ2) is 9.34. The van der Waals surface area contributed by atoms with Crippen molar-refractivity contribution < 1.29 is 34.1 Å². The first-order valence-corrected chi connectivity index (χ1v) is 9.66. The van der Waals surface area contributed by atoms with Crippen molar-refractivity contribution in [2.75, 3.05) is 20.8 Å². The fourth-order valence-electron chi connectivity index (χ4n) is 3.63. The molecule has 1 fully saturated rings. The number of nitrogens with zero attached hydrogens (tertiary/aromatic N) is 1. The molecule has 0 radical (unpaired) electrons. The number of aliphatic carboxylic acids is 1. The molecule has 0 bridgehead atoms. The number of aliphatic hydroxyl groups excluding tert-OH is 1. The van der Waals surface area contributed by atoms with Gasteiger partial charge in [-0.05, 0) is 24.1 Å². The summed E-state index contributed by atoms with van der Waals surface area (Å²) >= 11 is 0. The number of carboxylic acids is 1. The number of ketones is 1. The lowest BCUT2D eigenvalue weighted by molar-refractivity contribution is -0.140. The van der Waals surface area contributed by atoms with Crippen LogP contribution in [0.25, 0.3) is 5.76 Å². The normalized spacial score (nSPS) is 17.6. The van der Waals surface area contributed by atoms with Gasteiger partial charge in [0.1, 0.15) is 5.76 Å². The topological polar surface area (TPSA) is 113 Å². The van der Waals surface area contributed by atoms with E-state index in [1.54, 1.807) is 48.5 Å². The number of ether oxygens (including phenoxy) is 2. The van der Waals surface area contributed by atoms with Gasteiger partial charge in [0.2, 0.25) is 0 Å². The summed E-state index contributed by atoms with van der Waals surface area (Å²) in [5, 5.41) is 19.9. The number of aliphatic hydroxyl groups is 1. The van der Waals surface area contributed by atoms with Gasteiger partial charge in [-0.2, -0.15) is 0 Å². The molecule has 31 heavy (non-hydrogen) atoms. The van der Waals surface area contributed by atoms with Crippen molar-refractivity contribution in [3.05, 3.63) is 65.2 Å². The quantitative estimate of drug-likeness (QED) is 0.380. The Hall–Kier alpha value is -3.81. The van der Waals surface area contributed by atoms with Crippen molar-refractivity contribution in [3.63, 3.8) is 0 Å². The smallest absolute Gasteiger partial charge is 0.303 e. The Kier molecular flexibility index (Phi) is 6.59. The number of rotatable bonds is 8. The number of Topliss-reactive ketones (excluding diaryl/α,β-unsaturated/α-hetero) is 1. The van der Waals surface area contributed by atoms with Crippen LogP contribution in [0.15, 0.2) is 54.1 Å². The summed E-state index contributed by atoms with van der Waals surface area (Å²) in [6.45, 7) is 0.0431. The number of methoxy groups -OCH3 is 2. The maximum atomic E-state index is 12.9. The molecule has 0 aliphatic carbocycles. The Morgan fingerprint density at radius 3 is 2.29 bits per heavy atom. The standard InChI is InChI=1S/C23H23NO7/c1-30-16-11-10-15(13-17(16)31-2)20-19(21(27)14-7-4-3-5-8-14)22(28)23(29)24(20)12-6-9-18(25)26/h3-5,7-8,10-11,13,20,27H,6,9,12H2,1-2H3,(H,25,26)/t20-/m1/s1. The lowest BCUT2D eigenvalue weighted by Gasteiger charge is -2.25. The highest BCUT2D eigenvalue weighted by molar-refractivity contribution is 6.46. The van der Waals surface area contributed by atoms with Crippen LogP contribution in [0, 0.1) is 0 Å². The monoisotopic (exact) mass is 425 g/mol. The third-order valence-corrected chi connectivity index (χ3v) is 5.10. The van der Waals surface area contributed by atoms with Gasteiger partial charge in [-0.25, -0.2) is 0 Å². The minimum absolute atomic E-state index is 0.0431. The van der Waals surface area contributed by atoms with Crippen LogP contribution in [0.1, 0.15) is 30.0 Å². The Balaban J connectivity index is 2.14. The molecular weight excluding hydrogens is 402 g/mol. The molecule has 0 unspecified atom stereocenters. The molecule has 0 spiro atoms. The first-order valence-electron chi connectivity index (χ1n) is 9.66. The predicted octanol–water partition coefficient (Wildman–Crippen LogP) is 2.99. The predicted molar refractivity (Wildman–Crippen MR) is 112 cm³/mol. The molecule has 2 N–H and O–H groups in total. The lowest BCUT2D eigenvalue weighted by atomic mass is 9.95. The number of carboxylic acid groups (broad SMARTS) is 1. The fraction of sp³-hybridized carbons (Fsp3) is 0.261. The molecular formula is C23H23NO7. The van der Waals surface area contributed by atoms with E-state index in [2.05, 4.69) is 0 Å². The summed E-state index contributed by atoms with van der Waals surface area (Å²) in [7, 11) is 2.96. The van der Waals surface area contributed by atoms with Crippen LogP contribution in [0.4, 0.5) is 0 Å². The average Bonchev–Trinajstić information content (AvgIpc) is 3.03. The molecule has 1 heterocycles. The molecule has 0 aromatic heterocycles. The van der Waals surface area contributed by atoms with E-state index < -0.39 is 23.7 Å². The van der Waals surface area contributed by atoms with Crippen molar-refractivity contribution >= 4 is 23.4 Å². The van der Waals surface area contributed by atoms with E-state index >= 15 is 0 Å². The SMILES string of the molecule is COc1ccc([C@@H]2C(=C(O)c3ccccc3)C(=O)C(=O)N2CCCC(=O)O)cc1OC. The zero-order chi connectivity index (χ0) is 22.5. The first kappa shape index (κ1) is 21.9. The molecule has 0 saturated carbocycles. The minimum Gasteiger partial charge on any atom is -0.507 e. The van der Waals surface area contributed by atoms with Gasteiger partial charge in [-0.1, -0.05) is 36.4 Å². The Bertz CT molecular complexity index is 1030. The first-order chi connectivity index (χ1) is 14.9. The van der Waals surface area contributed by atoms with Crippen molar-refractivity contribution in [1.29, 1.82) is 0 Å². The molecule has 1 aliphatic heterocycles. The minimum atomic E-state index is -0.997. The van der Waals surface area contributed by atoms with E-state index in [4.69, 9.17) is 14.6 Å². The molecule has 162 valence electrons. The van der Waals surface area contributed by atoms with Crippen LogP contribution in [0.2, 0.25) is 0 Å². The second-order valence-electron chi connectivity index (χ2n) is 6.97. The number of carbonyl (C=O) groups is 3. The Morgan fingerprint density at radius 2 is 1.68 bits per heavy atom. The highest BCUT2D eigenvalue weighted by Crippen LogP contribution is 2.42. The van der Waals surface area contributed by atoms with Crippen LogP contribution >= 0.6 is 0 Å². The Morgan fingerprint density at radius 1 is 1.00 bits per heavy atom. The molecule has 1 saturated heterocycles. The summed E-state index contributed by atoms with van der Waals surface area (Å²) in [5.74, 6) is -2.03. The molecule has 3 rings (SSSR count). The molecule has 2 aromatic rings. The third kappa shape index (κ3) is 4.37. The largest absolute Gasteiger partial charge is 0.507 e. The summed E-state index contributed by atoms with van der Waals surface area (Å²) in [5.41, 5.74) is 0.875. The average molecular weight is 425 g/mol. The zero-order valence-corrected chi connectivity index (χ0v) is 17.2. The van der Waals surface area contributed by atoms with Crippen LogP contribution in [0.3, 0.4) is 0 Å². The highest BCUT2D eigenvalue weighted by Gasteiger charge is 2.46. The van der Waals surface area contributed by atoms with Crippen LogP contribution in [0.5, 0.6) is 11.5 Å². The molecule has 1 atom stereocenters. The number of benzene rings is 2. The number of hydrogen-bond donors (Lipinski definition) is 2. The summed E-state index contributed by atoms with van der Waals surface area (Å²) < 4.78 is 10.6. The molecule has 8 heteroatoms. The van der Waals surface area contributed by atoms with Gasteiger partial charge in [0, 0.05) is 18.5 Å². The van der Waals surface area contributed by atoms with Crippen LogP contribution < -0.4 is 9.47 Å². The Labute approximate surface area is 179 Å². The highest BCUT2D eigenvalue weighted by atomic mass is 16.5. The maximum Gasteiger partial charge on any atom is 0.303 e.